The zero-order valence-electron chi connectivity index (χ0n) is 14.5. The molecule has 1 aromatic heterocycles. The number of hydrogen-bond acceptors (Lipinski definition) is 4. The molecule has 1 fully saturated rings. The van der Waals surface area contributed by atoms with Crippen LogP contribution in [0.25, 0.3) is 11.0 Å². The van der Waals surface area contributed by atoms with Gasteiger partial charge in [0.05, 0.1) is 17.6 Å². The van der Waals surface area contributed by atoms with Crippen LogP contribution in [0.1, 0.15) is 32.6 Å². The van der Waals surface area contributed by atoms with Gasteiger partial charge in [0.15, 0.2) is 5.16 Å². The van der Waals surface area contributed by atoms with Crippen molar-refractivity contribution in [3.8, 4) is 0 Å². The van der Waals surface area contributed by atoms with Crippen LogP contribution in [0.2, 0.25) is 0 Å². The Morgan fingerprint density at radius 2 is 2.00 bits per heavy atom. The van der Waals surface area contributed by atoms with Gasteiger partial charge in [-0.25, -0.2) is 9.78 Å². The van der Waals surface area contributed by atoms with Gasteiger partial charge >= 0.3 is 6.03 Å². The second-order valence-corrected chi connectivity index (χ2v) is 7.21. The minimum absolute atomic E-state index is 0.111. The fourth-order valence-electron chi connectivity index (χ4n) is 2.99. The third-order valence-electron chi connectivity index (χ3n) is 4.34. The number of carbonyl (C=O) groups excluding carboxylic acids is 2. The summed E-state index contributed by atoms with van der Waals surface area (Å²) in [6.45, 7) is 3.68. The van der Waals surface area contributed by atoms with Crippen molar-refractivity contribution >= 4 is 34.7 Å². The van der Waals surface area contributed by atoms with Gasteiger partial charge in [0.2, 0.25) is 5.91 Å². The number of carbonyl (C=O) groups is 2. The molecule has 0 radical (unpaired) electrons. The molecule has 3 amide bonds. The molecule has 0 unspecified atom stereocenters. The summed E-state index contributed by atoms with van der Waals surface area (Å²) in [6.07, 6.45) is 4.82. The fraction of sp³-hybridized carbons (Fsp3) is 0.500. The van der Waals surface area contributed by atoms with Gasteiger partial charge in [-0.1, -0.05) is 50.1 Å². The van der Waals surface area contributed by atoms with E-state index in [1.807, 2.05) is 18.2 Å². The van der Waals surface area contributed by atoms with Gasteiger partial charge in [-0.05, 0) is 18.6 Å². The van der Waals surface area contributed by atoms with Crippen LogP contribution >= 0.6 is 11.8 Å². The number of fused-ring (bicyclic) bond motifs is 1. The number of urea groups is 1. The summed E-state index contributed by atoms with van der Waals surface area (Å²) >= 11 is 1.61. The Balaban J connectivity index is 1.67. The molecular formula is C18H24N4O2S. The third kappa shape index (κ3) is 4.15. The lowest BCUT2D eigenvalue weighted by atomic mass is 10.2. The quantitative estimate of drug-likeness (QED) is 0.423. The Morgan fingerprint density at radius 3 is 2.76 bits per heavy atom. The number of amides is 3. The largest absolute Gasteiger partial charge is 0.329 e. The SMILES string of the molecule is CCCCCCn1c(SCCN2C(=O)CNC2=O)nc2ccccc21. The highest BCUT2D eigenvalue weighted by atomic mass is 32.2. The van der Waals surface area contributed by atoms with Gasteiger partial charge in [0.25, 0.3) is 0 Å². The summed E-state index contributed by atoms with van der Waals surface area (Å²) in [5.74, 6) is 0.496. The smallest absolute Gasteiger partial charge is 0.324 e. The number of thioether (sulfide) groups is 1. The van der Waals surface area contributed by atoms with E-state index in [0.717, 1.165) is 29.2 Å². The second kappa shape index (κ2) is 8.38. The number of imidazole rings is 1. The Labute approximate surface area is 152 Å². The predicted molar refractivity (Wildman–Crippen MR) is 99.7 cm³/mol. The summed E-state index contributed by atoms with van der Waals surface area (Å²) in [7, 11) is 0. The highest BCUT2D eigenvalue weighted by molar-refractivity contribution is 7.99. The molecule has 0 atom stereocenters. The lowest BCUT2D eigenvalue weighted by Gasteiger charge is -2.12. The molecular weight excluding hydrogens is 336 g/mol. The van der Waals surface area contributed by atoms with Crippen molar-refractivity contribution in [3.63, 3.8) is 0 Å². The van der Waals surface area contributed by atoms with Crippen molar-refractivity contribution in [2.24, 2.45) is 0 Å². The first-order valence-electron chi connectivity index (χ1n) is 8.87. The number of rotatable bonds is 9. The van der Waals surface area contributed by atoms with Crippen LogP contribution in [-0.2, 0) is 11.3 Å². The van der Waals surface area contributed by atoms with E-state index in [1.165, 1.54) is 24.2 Å². The van der Waals surface area contributed by atoms with E-state index in [0.29, 0.717) is 12.3 Å². The molecule has 1 aromatic carbocycles. The van der Waals surface area contributed by atoms with Crippen molar-refractivity contribution < 1.29 is 9.59 Å². The Bertz CT molecular complexity index is 743. The van der Waals surface area contributed by atoms with Crippen molar-refractivity contribution in [1.82, 2.24) is 19.8 Å². The molecule has 1 aliphatic rings. The van der Waals surface area contributed by atoms with Gasteiger partial charge in [-0.2, -0.15) is 0 Å². The van der Waals surface area contributed by atoms with E-state index in [2.05, 4.69) is 22.9 Å². The first-order valence-corrected chi connectivity index (χ1v) is 9.85. The number of aromatic nitrogens is 2. The van der Waals surface area contributed by atoms with Gasteiger partial charge in [-0.3, -0.25) is 9.69 Å². The highest BCUT2D eigenvalue weighted by Crippen LogP contribution is 2.25. The molecule has 3 rings (SSSR count). The van der Waals surface area contributed by atoms with E-state index in [4.69, 9.17) is 4.98 Å². The number of unbranched alkanes of at least 4 members (excludes halogenated alkanes) is 3. The lowest BCUT2D eigenvalue weighted by Crippen LogP contribution is -2.32. The molecule has 0 aliphatic carbocycles. The fourth-order valence-corrected chi connectivity index (χ4v) is 3.95. The molecule has 1 saturated heterocycles. The Morgan fingerprint density at radius 1 is 1.16 bits per heavy atom. The molecule has 1 N–H and O–H groups in total. The van der Waals surface area contributed by atoms with Gasteiger partial charge < -0.3 is 9.88 Å². The number of benzene rings is 1. The normalized spacial score (nSPS) is 14.5. The highest BCUT2D eigenvalue weighted by Gasteiger charge is 2.27. The van der Waals surface area contributed by atoms with Gasteiger partial charge in [0.1, 0.15) is 0 Å². The van der Waals surface area contributed by atoms with Crippen LogP contribution in [0.15, 0.2) is 29.4 Å². The van der Waals surface area contributed by atoms with E-state index in [1.54, 1.807) is 11.8 Å². The van der Waals surface area contributed by atoms with Crippen LogP contribution in [0, 0.1) is 0 Å². The van der Waals surface area contributed by atoms with Crippen molar-refractivity contribution in [1.29, 1.82) is 0 Å². The minimum Gasteiger partial charge on any atom is -0.329 e. The predicted octanol–water partition coefficient (Wildman–Crippen LogP) is 3.26. The van der Waals surface area contributed by atoms with Crippen LogP contribution in [-0.4, -0.2) is 45.2 Å². The molecule has 25 heavy (non-hydrogen) atoms. The van der Waals surface area contributed by atoms with Gasteiger partial charge in [-0.15, -0.1) is 0 Å². The zero-order chi connectivity index (χ0) is 17.6. The molecule has 2 aromatic rings. The molecule has 0 saturated carbocycles. The lowest BCUT2D eigenvalue weighted by molar-refractivity contribution is -0.124. The van der Waals surface area contributed by atoms with E-state index >= 15 is 0 Å². The maximum atomic E-state index is 11.7. The van der Waals surface area contributed by atoms with E-state index < -0.39 is 0 Å². The number of para-hydroxylation sites is 2. The zero-order valence-corrected chi connectivity index (χ0v) is 15.3. The minimum atomic E-state index is -0.293. The summed E-state index contributed by atoms with van der Waals surface area (Å²) in [5.41, 5.74) is 2.15. The van der Waals surface area contributed by atoms with Crippen LogP contribution < -0.4 is 5.32 Å². The average molecular weight is 360 g/mol. The van der Waals surface area contributed by atoms with E-state index in [9.17, 15) is 9.59 Å². The van der Waals surface area contributed by atoms with Crippen molar-refractivity contribution in [2.75, 3.05) is 18.8 Å². The summed E-state index contributed by atoms with van der Waals surface area (Å²) in [5, 5.41) is 3.51. The molecule has 134 valence electrons. The molecule has 2 heterocycles. The van der Waals surface area contributed by atoms with Crippen molar-refractivity contribution in [3.05, 3.63) is 24.3 Å². The molecule has 1 aliphatic heterocycles. The Kier molecular flexibility index (Phi) is 5.96. The summed E-state index contributed by atoms with van der Waals surface area (Å²) < 4.78 is 2.27. The average Bonchev–Trinajstić information content (AvgIpc) is 3.13. The van der Waals surface area contributed by atoms with Crippen molar-refractivity contribution in [2.45, 2.75) is 44.3 Å². The topological polar surface area (TPSA) is 67.2 Å². The number of imide groups is 1. The number of hydrogen-bond donors (Lipinski definition) is 1. The summed E-state index contributed by atoms with van der Waals surface area (Å²) in [6, 6.07) is 7.87. The number of nitrogens with zero attached hydrogens (tertiary/aromatic N) is 3. The monoisotopic (exact) mass is 360 g/mol. The Hall–Kier alpha value is -2.02. The maximum absolute atomic E-state index is 11.7. The summed E-state index contributed by atoms with van der Waals surface area (Å²) in [4.78, 5) is 29.3. The first kappa shape index (κ1) is 17.8. The third-order valence-corrected chi connectivity index (χ3v) is 5.29. The van der Waals surface area contributed by atoms with Crippen LogP contribution in [0.4, 0.5) is 4.79 Å². The maximum Gasteiger partial charge on any atom is 0.324 e. The van der Waals surface area contributed by atoms with Crippen LogP contribution in [0.5, 0.6) is 0 Å². The second-order valence-electron chi connectivity index (χ2n) is 6.15. The molecule has 0 bridgehead atoms. The van der Waals surface area contributed by atoms with Crippen LogP contribution in [0.3, 0.4) is 0 Å². The number of nitrogens with one attached hydrogen (secondary N) is 1. The standard InChI is InChI=1S/C18H24N4O2S/c1-2-3-4-7-10-21-15-9-6-5-8-14(15)20-18(21)25-12-11-22-16(23)13-19-17(22)24/h5-6,8-9H,2-4,7,10-13H2,1H3,(H,19,24). The molecule has 0 spiro atoms. The molecule has 7 heteroatoms. The van der Waals surface area contributed by atoms with Gasteiger partial charge in [0, 0.05) is 18.8 Å². The first-order chi connectivity index (χ1) is 12.2. The number of aryl methyl sites for hydroxylation is 1. The van der Waals surface area contributed by atoms with E-state index in [-0.39, 0.29) is 18.5 Å². The molecule has 6 nitrogen and oxygen atoms in total.